The maximum Gasteiger partial charge on any atom is 0.312 e. The first-order valence-electron chi connectivity index (χ1n) is 10.8. The van der Waals surface area contributed by atoms with Crippen molar-refractivity contribution in [2.45, 2.75) is 19.9 Å². The van der Waals surface area contributed by atoms with E-state index in [0.717, 1.165) is 17.7 Å². The zero-order chi connectivity index (χ0) is 21.8. The van der Waals surface area contributed by atoms with Crippen molar-refractivity contribution in [3.8, 4) is 0 Å². The van der Waals surface area contributed by atoms with Gasteiger partial charge in [-0.3, -0.25) is 14.5 Å². The summed E-state index contributed by atoms with van der Waals surface area (Å²) in [5.74, 6) is 0.183. The second kappa shape index (κ2) is 9.43. The molecule has 2 aliphatic rings. The van der Waals surface area contributed by atoms with E-state index < -0.39 is 0 Å². The number of nitrogens with zero attached hydrogens (tertiary/aromatic N) is 5. The highest BCUT2D eigenvalue weighted by atomic mass is 16.5. The van der Waals surface area contributed by atoms with Gasteiger partial charge in [0.1, 0.15) is 0 Å². The molecule has 8 nitrogen and oxygen atoms in total. The average molecular weight is 424 g/mol. The lowest BCUT2D eigenvalue weighted by molar-refractivity contribution is -0.148. The van der Waals surface area contributed by atoms with Crippen LogP contribution in [0.3, 0.4) is 0 Å². The van der Waals surface area contributed by atoms with Gasteiger partial charge in [0.05, 0.1) is 12.5 Å². The Hall–Kier alpha value is -3.00. The zero-order valence-corrected chi connectivity index (χ0v) is 18.1. The molecule has 164 valence electrons. The van der Waals surface area contributed by atoms with E-state index >= 15 is 0 Å². The molecule has 2 aromatic rings. The van der Waals surface area contributed by atoms with Gasteiger partial charge < -0.3 is 14.5 Å². The van der Waals surface area contributed by atoms with Crippen molar-refractivity contribution in [3.05, 3.63) is 53.9 Å². The molecular formula is C23H29N5O3. The summed E-state index contributed by atoms with van der Waals surface area (Å²) < 4.78 is 5.33. The van der Waals surface area contributed by atoms with Crippen LogP contribution < -0.4 is 4.90 Å². The van der Waals surface area contributed by atoms with Crippen LogP contribution in [-0.2, 0) is 9.53 Å². The number of piperazine rings is 1. The monoisotopic (exact) mass is 423 g/mol. The van der Waals surface area contributed by atoms with E-state index in [4.69, 9.17) is 4.74 Å². The Morgan fingerprint density at radius 1 is 1.03 bits per heavy atom. The van der Waals surface area contributed by atoms with Crippen molar-refractivity contribution in [1.82, 2.24) is 19.8 Å². The quantitative estimate of drug-likeness (QED) is 0.692. The normalized spacial score (nSPS) is 21.9. The predicted molar refractivity (Wildman–Crippen MR) is 117 cm³/mol. The Balaban J connectivity index is 1.56. The van der Waals surface area contributed by atoms with E-state index in [1.807, 2.05) is 47.9 Å². The molecular weight excluding hydrogens is 394 g/mol. The predicted octanol–water partition coefficient (Wildman–Crippen LogP) is 1.61. The number of carbonyl (C=O) groups excluding carboxylic acids is 2. The molecule has 0 aliphatic carbocycles. The van der Waals surface area contributed by atoms with E-state index in [1.54, 1.807) is 18.5 Å². The van der Waals surface area contributed by atoms with Crippen molar-refractivity contribution in [2.75, 3.05) is 50.8 Å². The van der Waals surface area contributed by atoms with Gasteiger partial charge in [-0.1, -0.05) is 18.2 Å². The zero-order valence-electron chi connectivity index (χ0n) is 18.1. The van der Waals surface area contributed by atoms with Gasteiger partial charge in [0.2, 0.25) is 5.95 Å². The van der Waals surface area contributed by atoms with Gasteiger partial charge in [-0.05, 0) is 31.5 Å². The third kappa shape index (κ3) is 4.69. The highest BCUT2D eigenvalue weighted by Crippen LogP contribution is 2.23. The van der Waals surface area contributed by atoms with Gasteiger partial charge in [-0.15, -0.1) is 0 Å². The number of ether oxygens (including phenoxy) is 1. The second-order valence-electron chi connectivity index (χ2n) is 8.12. The summed E-state index contributed by atoms with van der Waals surface area (Å²) >= 11 is 0. The number of aryl methyl sites for hydroxylation is 1. The lowest BCUT2D eigenvalue weighted by atomic mass is 10.1. The van der Waals surface area contributed by atoms with Crippen molar-refractivity contribution >= 4 is 17.8 Å². The molecule has 4 rings (SSSR count). The minimum absolute atomic E-state index is 0.0615. The molecule has 1 aromatic carbocycles. The fraction of sp³-hybridized carbons (Fsp3) is 0.478. The number of amides is 1. The Bertz CT molecular complexity index is 922. The largest absolute Gasteiger partial charge is 0.466 e. The van der Waals surface area contributed by atoms with Crippen LogP contribution in [0.15, 0.2) is 42.7 Å². The number of hydrogen-bond donors (Lipinski definition) is 0. The van der Waals surface area contributed by atoms with Crippen LogP contribution in [0.1, 0.15) is 22.8 Å². The van der Waals surface area contributed by atoms with Crippen molar-refractivity contribution in [3.63, 3.8) is 0 Å². The molecule has 1 amide bonds. The summed E-state index contributed by atoms with van der Waals surface area (Å²) in [5, 5.41) is 0. The van der Waals surface area contributed by atoms with Crippen molar-refractivity contribution in [2.24, 2.45) is 5.92 Å². The van der Waals surface area contributed by atoms with Gasteiger partial charge in [0, 0.05) is 63.3 Å². The molecule has 31 heavy (non-hydrogen) atoms. The van der Waals surface area contributed by atoms with Gasteiger partial charge in [-0.25, -0.2) is 9.97 Å². The number of carbonyl (C=O) groups is 2. The summed E-state index contributed by atoms with van der Waals surface area (Å²) in [6.07, 6.45) is 3.42. The number of fused-ring (bicyclic) bond motifs is 1. The summed E-state index contributed by atoms with van der Waals surface area (Å²) in [5.41, 5.74) is 1.73. The highest BCUT2D eigenvalue weighted by molar-refractivity contribution is 5.95. The van der Waals surface area contributed by atoms with E-state index in [9.17, 15) is 9.59 Å². The molecule has 2 atom stereocenters. The minimum Gasteiger partial charge on any atom is -0.466 e. The number of anilines is 1. The Kier molecular flexibility index (Phi) is 6.46. The molecule has 8 heteroatoms. The molecule has 0 saturated carbocycles. The van der Waals surface area contributed by atoms with E-state index in [2.05, 4.69) is 14.9 Å². The van der Waals surface area contributed by atoms with E-state index in [-0.39, 0.29) is 23.8 Å². The number of aromatic nitrogens is 2. The third-order valence-electron chi connectivity index (χ3n) is 6.05. The molecule has 2 saturated heterocycles. The smallest absolute Gasteiger partial charge is 0.312 e. The molecule has 0 radical (unpaired) electrons. The lowest BCUT2D eigenvalue weighted by Crippen LogP contribution is -2.57. The molecule has 2 fully saturated rings. The van der Waals surface area contributed by atoms with Crippen LogP contribution in [0.4, 0.5) is 5.95 Å². The molecule has 2 aliphatic heterocycles. The maximum atomic E-state index is 13.2. The number of esters is 1. The van der Waals surface area contributed by atoms with Gasteiger partial charge in [-0.2, -0.15) is 0 Å². The topological polar surface area (TPSA) is 78.9 Å². The summed E-state index contributed by atoms with van der Waals surface area (Å²) in [6.45, 7) is 7.88. The molecule has 2 unspecified atom stereocenters. The van der Waals surface area contributed by atoms with Crippen molar-refractivity contribution in [1.29, 1.82) is 0 Å². The SMILES string of the molecule is CCOC(=O)C1CN(c2ncccn2)CC2CN(C(=O)c3ccccc3C)CCN2C1. The van der Waals surface area contributed by atoms with Crippen molar-refractivity contribution < 1.29 is 14.3 Å². The Morgan fingerprint density at radius 3 is 2.55 bits per heavy atom. The van der Waals surface area contributed by atoms with Gasteiger partial charge in [0.15, 0.2) is 0 Å². The summed E-state index contributed by atoms with van der Waals surface area (Å²) in [6, 6.07) is 9.57. The van der Waals surface area contributed by atoms with Gasteiger partial charge in [0.25, 0.3) is 5.91 Å². The molecule has 3 heterocycles. The molecule has 0 spiro atoms. The fourth-order valence-corrected chi connectivity index (χ4v) is 4.44. The standard InChI is InChI=1S/C23H29N5O3/c1-3-31-22(30)18-13-26-11-12-27(21(29)20-8-5-4-7-17(20)2)15-19(26)16-28(14-18)23-24-9-6-10-25-23/h4-10,18-19H,3,11-16H2,1-2H3. The Labute approximate surface area is 182 Å². The highest BCUT2D eigenvalue weighted by Gasteiger charge is 2.38. The molecule has 0 bridgehead atoms. The first kappa shape index (κ1) is 21.2. The Morgan fingerprint density at radius 2 is 1.81 bits per heavy atom. The average Bonchev–Trinajstić information content (AvgIpc) is 2.99. The van der Waals surface area contributed by atoms with Gasteiger partial charge >= 0.3 is 5.97 Å². The number of benzene rings is 1. The summed E-state index contributed by atoms with van der Waals surface area (Å²) in [7, 11) is 0. The second-order valence-corrected chi connectivity index (χ2v) is 8.12. The number of hydrogen-bond acceptors (Lipinski definition) is 7. The molecule has 0 N–H and O–H groups in total. The van der Waals surface area contributed by atoms with Crippen LogP contribution in [0.5, 0.6) is 0 Å². The van der Waals surface area contributed by atoms with E-state index in [0.29, 0.717) is 45.3 Å². The first-order chi connectivity index (χ1) is 15.1. The first-order valence-corrected chi connectivity index (χ1v) is 10.8. The van der Waals surface area contributed by atoms with Crippen LogP contribution in [0.25, 0.3) is 0 Å². The van der Waals surface area contributed by atoms with E-state index in [1.165, 1.54) is 0 Å². The molecule has 1 aromatic heterocycles. The maximum absolute atomic E-state index is 13.2. The number of rotatable bonds is 4. The van der Waals surface area contributed by atoms with Crippen LogP contribution in [-0.4, -0.2) is 83.6 Å². The van der Waals surface area contributed by atoms with Crippen LogP contribution in [0.2, 0.25) is 0 Å². The summed E-state index contributed by atoms with van der Waals surface area (Å²) in [4.78, 5) is 40.9. The van der Waals surface area contributed by atoms with Crippen LogP contribution >= 0.6 is 0 Å². The lowest BCUT2D eigenvalue weighted by Gasteiger charge is -2.41. The fourth-order valence-electron chi connectivity index (χ4n) is 4.44. The van der Waals surface area contributed by atoms with Crippen LogP contribution in [0, 0.1) is 12.8 Å². The third-order valence-corrected chi connectivity index (χ3v) is 6.05. The minimum atomic E-state index is -0.285.